The first-order chi connectivity index (χ1) is 8.16. The number of halogens is 1. The van der Waals surface area contributed by atoms with E-state index in [2.05, 4.69) is 10.6 Å². The predicted molar refractivity (Wildman–Crippen MR) is 69.1 cm³/mol. The highest BCUT2D eigenvalue weighted by Crippen LogP contribution is 2.27. The molecule has 0 spiro atoms. The highest BCUT2D eigenvalue weighted by atomic mass is 35.5. The molecule has 2 rings (SSSR count). The summed E-state index contributed by atoms with van der Waals surface area (Å²) in [4.78, 5) is 11.6. The fraction of sp³-hybridized carbons (Fsp3) is 0.462. The van der Waals surface area contributed by atoms with Gasteiger partial charge >= 0.3 is 6.03 Å². The molecule has 1 aromatic rings. The third-order valence-electron chi connectivity index (χ3n) is 2.97. The quantitative estimate of drug-likeness (QED) is 0.849. The average molecular weight is 253 g/mol. The van der Waals surface area contributed by atoms with E-state index in [0.717, 1.165) is 12.1 Å². The number of nitrogens with one attached hydrogen (secondary N) is 2. The van der Waals surface area contributed by atoms with Crippen molar-refractivity contribution < 1.29 is 4.79 Å². The topological polar surface area (TPSA) is 41.1 Å². The van der Waals surface area contributed by atoms with Gasteiger partial charge in [-0.3, -0.25) is 0 Å². The molecule has 3 nitrogen and oxygen atoms in total. The summed E-state index contributed by atoms with van der Waals surface area (Å²) in [6.45, 7) is 2.71. The van der Waals surface area contributed by atoms with E-state index in [1.54, 1.807) is 0 Å². The first kappa shape index (κ1) is 12.2. The van der Waals surface area contributed by atoms with Crippen molar-refractivity contribution in [2.24, 2.45) is 5.92 Å². The summed E-state index contributed by atoms with van der Waals surface area (Å²) < 4.78 is 0. The van der Waals surface area contributed by atoms with Crippen molar-refractivity contribution >= 4 is 17.6 Å². The third kappa shape index (κ3) is 3.63. The van der Waals surface area contributed by atoms with Crippen molar-refractivity contribution in [3.8, 4) is 0 Å². The lowest BCUT2D eigenvalue weighted by Crippen LogP contribution is -2.38. The van der Waals surface area contributed by atoms with Gasteiger partial charge in [0, 0.05) is 11.6 Å². The SMILES string of the molecule is CC(NC(=O)NCC1CC1)c1ccccc1Cl. The molecule has 1 unspecified atom stereocenters. The molecule has 1 fully saturated rings. The summed E-state index contributed by atoms with van der Waals surface area (Å²) in [6.07, 6.45) is 2.47. The summed E-state index contributed by atoms with van der Waals surface area (Å²) in [5, 5.41) is 6.44. The zero-order valence-electron chi connectivity index (χ0n) is 9.87. The molecule has 0 aromatic heterocycles. The van der Waals surface area contributed by atoms with Crippen LogP contribution in [0.25, 0.3) is 0 Å². The van der Waals surface area contributed by atoms with Crippen molar-refractivity contribution in [3.05, 3.63) is 34.9 Å². The number of carbonyl (C=O) groups excluding carboxylic acids is 1. The molecule has 1 aromatic carbocycles. The minimum Gasteiger partial charge on any atom is -0.338 e. The summed E-state index contributed by atoms with van der Waals surface area (Å²) >= 11 is 6.07. The van der Waals surface area contributed by atoms with Crippen molar-refractivity contribution in [2.75, 3.05) is 6.54 Å². The van der Waals surface area contributed by atoms with Gasteiger partial charge in [-0.2, -0.15) is 0 Å². The third-order valence-corrected chi connectivity index (χ3v) is 3.31. The van der Waals surface area contributed by atoms with E-state index in [1.807, 2.05) is 31.2 Å². The molecular formula is C13H17ClN2O. The molecular weight excluding hydrogens is 236 g/mol. The van der Waals surface area contributed by atoms with E-state index in [1.165, 1.54) is 12.8 Å². The van der Waals surface area contributed by atoms with Crippen LogP contribution in [0, 0.1) is 5.92 Å². The monoisotopic (exact) mass is 252 g/mol. The lowest BCUT2D eigenvalue weighted by atomic mass is 10.1. The molecule has 0 aliphatic heterocycles. The molecule has 92 valence electrons. The number of amides is 2. The van der Waals surface area contributed by atoms with Crippen LogP contribution >= 0.6 is 11.6 Å². The van der Waals surface area contributed by atoms with Gasteiger partial charge in [0.25, 0.3) is 0 Å². The minimum atomic E-state index is -0.121. The van der Waals surface area contributed by atoms with Crippen molar-refractivity contribution in [3.63, 3.8) is 0 Å². The zero-order valence-corrected chi connectivity index (χ0v) is 10.6. The number of rotatable bonds is 4. The Hall–Kier alpha value is -1.22. The highest BCUT2D eigenvalue weighted by molar-refractivity contribution is 6.31. The van der Waals surface area contributed by atoms with Crippen LogP contribution in [0.5, 0.6) is 0 Å². The molecule has 0 saturated heterocycles. The van der Waals surface area contributed by atoms with E-state index >= 15 is 0 Å². The molecule has 2 amide bonds. The molecule has 0 bridgehead atoms. The first-order valence-corrected chi connectivity index (χ1v) is 6.33. The Bertz CT molecular complexity index is 404. The summed E-state index contributed by atoms with van der Waals surface area (Å²) in [5.74, 6) is 0.691. The molecule has 1 atom stereocenters. The van der Waals surface area contributed by atoms with Crippen molar-refractivity contribution in [1.29, 1.82) is 0 Å². The van der Waals surface area contributed by atoms with Gasteiger partial charge in [-0.1, -0.05) is 29.8 Å². The van der Waals surface area contributed by atoms with Crippen LogP contribution < -0.4 is 10.6 Å². The summed E-state index contributed by atoms with van der Waals surface area (Å²) in [6, 6.07) is 7.35. The molecule has 17 heavy (non-hydrogen) atoms. The van der Waals surface area contributed by atoms with Gasteiger partial charge in [0.05, 0.1) is 6.04 Å². The van der Waals surface area contributed by atoms with E-state index in [-0.39, 0.29) is 12.1 Å². The van der Waals surface area contributed by atoms with Crippen LogP contribution in [0.2, 0.25) is 5.02 Å². The Balaban J connectivity index is 1.85. The summed E-state index contributed by atoms with van der Waals surface area (Å²) in [7, 11) is 0. The number of benzene rings is 1. The molecule has 1 aliphatic rings. The van der Waals surface area contributed by atoms with Crippen LogP contribution in [0.3, 0.4) is 0 Å². The van der Waals surface area contributed by atoms with Crippen LogP contribution in [0.4, 0.5) is 4.79 Å². The fourth-order valence-electron chi connectivity index (χ4n) is 1.71. The minimum absolute atomic E-state index is 0.0806. The van der Waals surface area contributed by atoms with E-state index in [4.69, 9.17) is 11.6 Å². The number of carbonyl (C=O) groups is 1. The standard InChI is InChI=1S/C13H17ClN2O/c1-9(11-4-2-3-5-12(11)14)16-13(17)15-8-10-6-7-10/h2-5,9-10H,6-8H2,1H3,(H2,15,16,17). The molecule has 4 heteroatoms. The maximum Gasteiger partial charge on any atom is 0.315 e. The Morgan fingerprint density at radius 3 is 2.82 bits per heavy atom. The molecule has 1 saturated carbocycles. The van der Waals surface area contributed by atoms with Gasteiger partial charge < -0.3 is 10.6 Å². The number of urea groups is 1. The Morgan fingerprint density at radius 1 is 1.47 bits per heavy atom. The lowest BCUT2D eigenvalue weighted by Gasteiger charge is -2.16. The van der Waals surface area contributed by atoms with Crippen molar-refractivity contribution in [2.45, 2.75) is 25.8 Å². The zero-order chi connectivity index (χ0) is 12.3. The second kappa shape index (κ2) is 5.41. The van der Waals surface area contributed by atoms with E-state index < -0.39 is 0 Å². The average Bonchev–Trinajstić information content (AvgIpc) is 3.10. The predicted octanol–water partition coefficient (Wildman–Crippen LogP) is 3.11. The van der Waals surface area contributed by atoms with Crippen LogP contribution in [0.1, 0.15) is 31.4 Å². The second-order valence-corrected chi connectivity index (χ2v) is 4.95. The van der Waals surface area contributed by atoms with Gasteiger partial charge in [0.2, 0.25) is 0 Å². The second-order valence-electron chi connectivity index (χ2n) is 4.54. The van der Waals surface area contributed by atoms with Gasteiger partial charge in [0.15, 0.2) is 0 Å². The molecule has 0 heterocycles. The Labute approximate surface area is 107 Å². The van der Waals surface area contributed by atoms with Gasteiger partial charge in [-0.15, -0.1) is 0 Å². The summed E-state index contributed by atoms with van der Waals surface area (Å²) in [5.41, 5.74) is 0.940. The molecule has 0 radical (unpaired) electrons. The van der Waals surface area contributed by atoms with E-state index in [0.29, 0.717) is 10.9 Å². The van der Waals surface area contributed by atoms with Gasteiger partial charge in [-0.05, 0) is 37.3 Å². The maximum atomic E-state index is 11.6. The normalized spacial score (nSPS) is 16.4. The maximum absolute atomic E-state index is 11.6. The highest BCUT2D eigenvalue weighted by Gasteiger charge is 2.22. The first-order valence-electron chi connectivity index (χ1n) is 5.95. The van der Waals surface area contributed by atoms with E-state index in [9.17, 15) is 4.79 Å². The smallest absolute Gasteiger partial charge is 0.315 e. The van der Waals surface area contributed by atoms with Crippen LogP contribution in [0.15, 0.2) is 24.3 Å². The number of hydrogen-bond donors (Lipinski definition) is 2. The van der Waals surface area contributed by atoms with Gasteiger partial charge in [-0.25, -0.2) is 4.79 Å². The van der Waals surface area contributed by atoms with Gasteiger partial charge in [0.1, 0.15) is 0 Å². The lowest BCUT2D eigenvalue weighted by molar-refractivity contribution is 0.237. The molecule has 2 N–H and O–H groups in total. The van der Waals surface area contributed by atoms with Crippen LogP contribution in [-0.4, -0.2) is 12.6 Å². The Kier molecular flexibility index (Phi) is 3.89. The Morgan fingerprint density at radius 2 is 2.18 bits per heavy atom. The number of hydrogen-bond acceptors (Lipinski definition) is 1. The largest absolute Gasteiger partial charge is 0.338 e. The van der Waals surface area contributed by atoms with Crippen LogP contribution in [-0.2, 0) is 0 Å². The van der Waals surface area contributed by atoms with Crippen molar-refractivity contribution in [1.82, 2.24) is 10.6 Å². The fourth-order valence-corrected chi connectivity index (χ4v) is 2.01. The molecule has 1 aliphatic carbocycles.